The van der Waals surface area contributed by atoms with Crippen molar-refractivity contribution >= 4 is 74.7 Å². The first-order valence-corrected chi connectivity index (χ1v) is 24.2. The maximum Gasteiger partial charge on any atom is 0.343 e. The SMILES string of the molecule is CC(=O)Oc1ccc(C(=O)NCCOc2c(OCCNC(=O)c3ccc(OC(C)=O)c(OC(C)=O)c3)c(F)c3sc(S(=O)(=O)NCP(=O)(O)OC4(C)C=C(F)C(C#N)=CC4)cc3c2F)cc1OC(C)=O. The van der Waals surface area contributed by atoms with Crippen molar-refractivity contribution < 1.29 is 92.8 Å². The topological polar surface area (TPSA) is 298 Å². The van der Waals surface area contributed by atoms with Gasteiger partial charge in [0.25, 0.3) is 21.8 Å². The normalized spacial score (nSPS) is 15.3. The predicted octanol–water partition coefficient (Wildman–Crippen LogP) is 5.40. The number of fused-ring (bicyclic) bond motifs is 1. The molecule has 0 fully saturated rings. The van der Waals surface area contributed by atoms with E-state index in [2.05, 4.69) is 10.6 Å². The van der Waals surface area contributed by atoms with Crippen LogP contribution in [0.5, 0.6) is 34.5 Å². The van der Waals surface area contributed by atoms with E-state index in [1.165, 1.54) is 31.2 Å². The Morgan fingerprint density at radius 3 is 1.70 bits per heavy atom. The molecule has 5 rings (SSSR count). The van der Waals surface area contributed by atoms with Crippen molar-refractivity contribution in [3.05, 3.63) is 88.8 Å². The van der Waals surface area contributed by atoms with Gasteiger partial charge in [0.2, 0.25) is 11.5 Å². The number of hydrogen-bond donors (Lipinski definition) is 4. The molecule has 27 heteroatoms. The number of nitriles is 1. The fraction of sp³-hybridized carbons (Fsp3) is 0.279. The highest BCUT2D eigenvalue weighted by atomic mass is 32.2. The van der Waals surface area contributed by atoms with Crippen LogP contribution >= 0.6 is 18.9 Å². The molecule has 1 aromatic heterocycles. The second-order valence-corrected chi connectivity index (χ2v) is 19.6. The Morgan fingerprint density at radius 2 is 1.24 bits per heavy atom. The molecule has 4 aromatic rings. The van der Waals surface area contributed by atoms with E-state index in [9.17, 15) is 51.0 Å². The molecular weight excluding hydrogens is 997 g/mol. The molecule has 0 radical (unpaired) electrons. The lowest BCUT2D eigenvalue weighted by molar-refractivity contribution is -0.134. The average Bonchev–Trinajstić information content (AvgIpc) is 3.73. The van der Waals surface area contributed by atoms with Gasteiger partial charge in [0.05, 0.1) is 29.0 Å². The lowest BCUT2D eigenvalue weighted by atomic mass is 9.94. The standard InChI is InChI=1S/C43H40F3N4O17PS2/c1-22(51)63-31-8-6-26(16-33(31)65-24(3)53)41(55)48-12-14-61-38-36(45)29-18-35(70(59,60)50-21-68(57,58)67-43(5)11-10-28(20-47)30(44)19-43)69-40(29)37(46)39(38)62-15-13-49-42(56)27-7-9-32(64-23(2)52)34(17-27)66-25(4)54/h6-10,16-19,50H,11-15,21H2,1-5H3,(H,48,55)(H,49,56)(H,57,58). The minimum absolute atomic E-state index is 0.0925. The third-order valence-corrected chi connectivity index (χ3v) is 13.5. The van der Waals surface area contributed by atoms with Crippen LogP contribution in [-0.2, 0) is 38.3 Å². The molecule has 0 saturated heterocycles. The second-order valence-electron chi connectivity index (χ2n) is 14.8. The molecule has 1 aliphatic rings. The summed E-state index contributed by atoms with van der Waals surface area (Å²) in [4.78, 5) is 82.8. The fourth-order valence-corrected chi connectivity index (χ4v) is 10.4. The minimum atomic E-state index is -4.92. The predicted molar refractivity (Wildman–Crippen MR) is 238 cm³/mol. The van der Waals surface area contributed by atoms with Gasteiger partial charge in [-0.1, -0.05) is 6.08 Å². The van der Waals surface area contributed by atoms with E-state index in [0.29, 0.717) is 6.07 Å². The number of ether oxygens (including phenoxy) is 6. The number of nitrogens with zero attached hydrogens (tertiary/aromatic N) is 1. The first kappa shape index (κ1) is 53.8. The third-order valence-electron chi connectivity index (χ3n) is 9.04. The molecule has 2 unspecified atom stereocenters. The lowest BCUT2D eigenvalue weighted by Crippen LogP contribution is -2.30. The van der Waals surface area contributed by atoms with E-state index in [1.54, 1.807) is 6.07 Å². The molecule has 21 nitrogen and oxygen atoms in total. The Kier molecular flexibility index (Phi) is 17.3. The summed E-state index contributed by atoms with van der Waals surface area (Å²) in [6, 6.07) is 9.35. The number of benzene rings is 3. The van der Waals surface area contributed by atoms with Crippen LogP contribution in [0.3, 0.4) is 0 Å². The number of thiophene rings is 1. The third kappa shape index (κ3) is 14.0. The lowest BCUT2D eigenvalue weighted by Gasteiger charge is -2.30. The summed E-state index contributed by atoms with van der Waals surface area (Å²) in [6.07, 6.45) is 0.405. The van der Waals surface area contributed by atoms with Gasteiger partial charge in [-0.05, 0) is 55.5 Å². The summed E-state index contributed by atoms with van der Waals surface area (Å²) in [5.41, 5.74) is -2.28. The van der Waals surface area contributed by atoms with Crippen LogP contribution in [0, 0.1) is 23.0 Å². The minimum Gasteiger partial charge on any atom is -0.485 e. The van der Waals surface area contributed by atoms with Crippen LogP contribution in [0.2, 0.25) is 0 Å². The molecule has 4 N–H and O–H groups in total. The maximum atomic E-state index is 16.5. The van der Waals surface area contributed by atoms with Gasteiger partial charge in [-0.2, -0.15) is 9.98 Å². The van der Waals surface area contributed by atoms with Gasteiger partial charge < -0.3 is 43.9 Å². The number of carbonyl (C=O) groups excluding carboxylic acids is 6. The molecule has 1 aliphatic carbocycles. The molecule has 0 aliphatic heterocycles. The molecule has 2 atom stereocenters. The highest BCUT2D eigenvalue weighted by Gasteiger charge is 2.37. The number of amides is 2. The molecule has 3 aromatic carbocycles. The van der Waals surface area contributed by atoms with Crippen LogP contribution in [0.1, 0.15) is 61.8 Å². The van der Waals surface area contributed by atoms with Crippen molar-refractivity contribution in [2.45, 2.75) is 50.8 Å². The van der Waals surface area contributed by atoms with Crippen LogP contribution in [0.4, 0.5) is 13.2 Å². The van der Waals surface area contributed by atoms with Gasteiger partial charge in [0, 0.05) is 50.6 Å². The van der Waals surface area contributed by atoms with Gasteiger partial charge in [-0.25, -0.2) is 21.6 Å². The van der Waals surface area contributed by atoms with Crippen molar-refractivity contribution in [1.82, 2.24) is 15.4 Å². The number of carbonyl (C=O) groups is 6. The molecule has 70 heavy (non-hydrogen) atoms. The quantitative estimate of drug-likeness (QED) is 0.0373. The first-order chi connectivity index (χ1) is 32.8. The second kappa shape index (κ2) is 22.5. The van der Waals surface area contributed by atoms with Crippen molar-refractivity contribution in [3.63, 3.8) is 0 Å². The summed E-state index contributed by atoms with van der Waals surface area (Å²) in [5, 5.41) is 13.3. The van der Waals surface area contributed by atoms with Crippen LogP contribution in [0.15, 0.2) is 70.2 Å². The number of halogens is 3. The Hall–Kier alpha value is -7.14. The molecule has 0 spiro atoms. The van der Waals surface area contributed by atoms with Gasteiger partial charge in [-0.15, -0.1) is 11.3 Å². The summed E-state index contributed by atoms with van der Waals surface area (Å²) in [6.45, 7) is 3.57. The summed E-state index contributed by atoms with van der Waals surface area (Å²) in [7, 11) is -9.77. The zero-order chi connectivity index (χ0) is 51.7. The van der Waals surface area contributed by atoms with E-state index in [1.807, 2.05) is 4.72 Å². The smallest absolute Gasteiger partial charge is 0.343 e. The van der Waals surface area contributed by atoms with Gasteiger partial charge in [-0.3, -0.25) is 37.9 Å². The molecule has 0 saturated carbocycles. The maximum absolute atomic E-state index is 16.5. The van der Waals surface area contributed by atoms with Gasteiger partial charge in [0.1, 0.15) is 35.6 Å². The summed E-state index contributed by atoms with van der Waals surface area (Å²) < 4.78 is 124. The highest BCUT2D eigenvalue weighted by molar-refractivity contribution is 7.92. The average molecular weight is 1040 g/mol. The molecule has 0 bridgehead atoms. The summed E-state index contributed by atoms with van der Waals surface area (Å²) >= 11 is 0.183. The Labute approximate surface area is 399 Å². The number of nitrogens with one attached hydrogen (secondary N) is 3. The zero-order valence-electron chi connectivity index (χ0n) is 37.3. The molecule has 2 amide bonds. The largest absolute Gasteiger partial charge is 0.485 e. The van der Waals surface area contributed by atoms with Crippen LogP contribution < -0.4 is 43.8 Å². The van der Waals surface area contributed by atoms with Crippen LogP contribution in [-0.4, -0.2) is 87.2 Å². The Morgan fingerprint density at radius 1 is 0.771 bits per heavy atom. The number of allylic oxidation sites excluding steroid dienone is 2. The number of rotatable bonds is 20. The fourth-order valence-electron chi connectivity index (χ4n) is 6.16. The van der Waals surface area contributed by atoms with Crippen molar-refractivity contribution in [3.8, 4) is 40.6 Å². The van der Waals surface area contributed by atoms with E-state index in [-0.39, 0.29) is 57.5 Å². The van der Waals surface area contributed by atoms with Gasteiger partial charge >= 0.3 is 31.5 Å². The number of sulfonamides is 1. The van der Waals surface area contributed by atoms with Crippen molar-refractivity contribution in [2.24, 2.45) is 0 Å². The Bertz CT molecular complexity index is 2920. The Balaban J connectivity index is 1.37. The van der Waals surface area contributed by atoms with E-state index < -0.39 is 135 Å². The van der Waals surface area contributed by atoms with E-state index >= 15 is 8.78 Å². The first-order valence-electron chi connectivity index (χ1n) is 20.1. The highest BCUT2D eigenvalue weighted by Crippen LogP contribution is 2.49. The summed E-state index contributed by atoms with van der Waals surface area (Å²) in [5.74, 6) is -11.1. The van der Waals surface area contributed by atoms with Gasteiger partial charge in [0.15, 0.2) is 34.6 Å². The van der Waals surface area contributed by atoms with Crippen molar-refractivity contribution in [1.29, 1.82) is 5.26 Å². The molecule has 1 heterocycles. The monoisotopic (exact) mass is 1040 g/mol. The van der Waals surface area contributed by atoms with E-state index in [0.717, 1.165) is 52.0 Å². The molecule has 372 valence electrons. The number of esters is 4. The number of hydrogen-bond acceptors (Lipinski definition) is 18. The molecular formula is C43H40F3N4O17PS2. The van der Waals surface area contributed by atoms with Crippen LogP contribution in [0.25, 0.3) is 10.1 Å². The van der Waals surface area contributed by atoms with E-state index in [4.69, 9.17) is 38.2 Å². The van der Waals surface area contributed by atoms with Crippen molar-refractivity contribution in [2.75, 3.05) is 32.6 Å². The zero-order valence-corrected chi connectivity index (χ0v) is 39.8.